The van der Waals surface area contributed by atoms with Crippen molar-refractivity contribution >= 4 is 56.3 Å². The van der Waals surface area contributed by atoms with Crippen molar-refractivity contribution in [1.82, 2.24) is 35.2 Å². The van der Waals surface area contributed by atoms with Crippen molar-refractivity contribution in [3.63, 3.8) is 0 Å². The Hall–Kier alpha value is -4.64. The second kappa shape index (κ2) is 15.5. The molecule has 8 rings (SSSR count). The third kappa shape index (κ3) is 8.18. The maximum absolute atomic E-state index is 14.6. The summed E-state index contributed by atoms with van der Waals surface area (Å²) in [5.74, 6) is -2.13. The van der Waals surface area contributed by atoms with Crippen molar-refractivity contribution in [2.45, 2.75) is 119 Å². The molecular weight excluding hydrogens is 747 g/mol. The predicted molar refractivity (Wildman–Crippen MR) is 202 cm³/mol. The quantitative estimate of drug-likeness (QED) is 0.277. The molecule has 0 bridgehead atoms. The predicted octanol–water partition coefficient (Wildman–Crippen LogP) is 4.14. The molecule has 2 aliphatic heterocycles. The van der Waals surface area contributed by atoms with Gasteiger partial charge in [0.05, 0.1) is 16.7 Å². The molecule has 15 nitrogen and oxygen atoms in total. The molecule has 5 aliphatic rings. The van der Waals surface area contributed by atoms with Crippen molar-refractivity contribution in [2.75, 3.05) is 6.54 Å². The first kappa shape index (κ1) is 37.3. The Kier molecular flexibility index (Phi) is 10.5. The molecule has 3 saturated carbocycles. The smallest absolute Gasteiger partial charge is 0.408 e. The van der Waals surface area contributed by atoms with E-state index < -0.39 is 68.7 Å². The summed E-state index contributed by atoms with van der Waals surface area (Å²) in [4.78, 5) is 72.0. The molecule has 292 valence electrons. The zero-order valence-corrected chi connectivity index (χ0v) is 32.0. The number of hydrogen-bond donors (Lipinski definition) is 3. The number of sulfonamides is 1. The van der Waals surface area contributed by atoms with Gasteiger partial charge in [0, 0.05) is 18.5 Å². The second-order valence-corrected chi connectivity index (χ2v) is 18.1. The fourth-order valence-electron chi connectivity index (χ4n) is 7.87. The summed E-state index contributed by atoms with van der Waals surface area (Å²) < 4.78 is 40.2. The van der Waals surface area contributed by atoms with Gasteiger partial charge < -0.3 is 25.0 Å². The van der Waals surface area contributed by atoms with Gasteiger partial charge in [-0.1, -0.05) is 31.1 Å². The van der Waals surface area contributed by atoms with Crippen LogP contribution < -0.4 is 20.1 Å². The average Bonchev–Trinajstić information content (AvgIpc) is 3.90. The summed E-state index contributed by atoms with van der Waals surface area (Å²) in [5.41, 5.74) is -0.0735. The molecule has 1 unspecified atom stereocenters. The summed E-state index contributed by atoms with van der Waals surface area (Å²) >= 11 is 1.46. The third-order valence-electron chi connectivity index (χ3n) is 11.2. The third-order valence-corrected chi connectivity index (χ3v) is 13.8. The number of nitrogens with one attached hydrogen (secondary N) is 3. The molecule has 0 radical (unpaired) electrons. The van der Waals surface area contributed by atoms with E-state index in [4.69, 9.17) is 19.4 Å². The van der Waals surface area contributed by atoms with Crippen LogP contribution in [0.25, 0.3) is 21.7 Å². The number of carbonyl (C=O) groups excluding carboxylic acids is 4. The number of rotatable bonds is 8. The van der Waals surface area contributed by atoms with Crippen LogP contribution in [0.3, 0.4) is 0 Å². The van der Waals surface area contributed by atoms with Gasteiger partial charge in [-0.2, -0.15) is 4.98 Å². The summed E-state index contributed by atoms with van der Waals surface area (Å²) in [6.45, 7) is -0.0306. The summed E-state index contributed by atoms with van der Waals surface area (Å²) in [6.07, 6.45) is 11.7. The fraction of sp³-hybridized carbons (Fsp3) is 0.553. The highest BCUT2D eigenvalue weighted by molar-refractivity contribution is 7.91. The van der Waals surface area contributed by atoms with Crippen LogP contribution in [0, 0.1) is 5.92 Å². The molecule has 5 heterocycles. The average molecular weight is 792 g/mol. The van der Waals surface area contributed by atoms with Gasteiger partial charge >= 0.3 is 6.09 Å². The highest BCUT2D eigenvalue weighted by atomic mass is 32.2. The molecule has 0 aromatic carbocycles. The van der Waals surface area contributed by atoms with Crippen LogP contribution in [-0.4, -0.2) is 93.7 Å². The van der Waals surface area contributed by atoms with Crippen LogP contribution in [0.15, 0.2) is 48.0 Å². The van der Waals surface area contributed by atoms with Crippen LogP contribution in [0.2, 0.25) is 0 Å². The lowest BCUT2D eigenvalue weighted by Crippen LogP contribution is -2.58. The summed E-state index contributed by atoms with van der Waals surface area (Å²) in [7, 11) is -3.89. The maximum atomic E-state index is 14.6. The molecular formula is C38H45N7O8S2. The van der Waals surface area contributed by atoms with E-state index in [1.807, 2.05) is 29.7 Å². The first-order valence-corrected chi connectivity index (χ1v) is 21.7. The van der Waals surface area contributed by atoms with Gasteiger partial charge in [-0.05, 0) is 87.8 Å². The Morgan fingerprint density at radius 3 is 2.58 bits per heavy atom. The Labute approximate surface area is 323 Å². The van der Waals surface area contributed by atoms with Crippen molar-refractivity contribution < 1.29 is 37.1 Å². The molecule has 3 aromatic heterocycles. The molecule has 55 heavy (non-hydrogen) atoms. The van der Waals surface area contributed by atoms with Crippen LogP contribution in [0.4, 0.5) is 4.79 Å². The number of pyridine rings is 1. The number of carbonyl (C=O) groups is 4. The van der Waals surface area contributed by atoms with E-state index in [1.54, 1.807) is 18.3 Å². The highest BCUT2D eigenvalue weighted by Crippen LogP contribution is 2.46. The van der Waals surface area contributed by atoms with Crippen LogP contribution >= 0.6 is 11.3 Å². The lowest BCUT2D eigenvalue weighted by Gasteiger charge is -2.30. The molecule has 17 heteroatoms. The second-order valence-electron chi connectivity index (χ2n) is 15.2. The van der Waals surface area contributed by atoms with Gasteiger partial charge in [-0.15, -0.1) is 11.3 Å². The van der Waals surface area contributed by atoms with E-state index in [1.165, 1.54) is 16.2 Å². The van der Waals surface area contributed by atoms with E-state index in [-0.39, 0.29) is 31.4 Å². The van der Waals surface area contributed by atoms with Gasteiger partial charge in [0.15, 0.2) is 5.65 Å². The maximum Gasteiger partial charge on any atom is 0.408 e. The topological polar surface area (TPSA) is 199 Å². The normalized spacial score (nSPS) is 28.3. The lowest BCUT2D eigenvalue weighted by molar-refractivity contribution is -0.141. The Balaban J connectivity index is 1.10. The highest BCUT2D eigenvalue weighted by Gasteiger charge is 2.62. The molecule has 4 fully saturated rings. The van der Waals surface area contributed by atoms with Crippen molar-refractivity contribution in [1.29, 1.82) is 0 Å². The monoisotopic (exact) mass is 791 g/mol. The number of allylic oxidation sites excluding steroid dienone is 1. The van der Waals surface area contributed by atoms with E-state index in [2.05, 4.69) is 20.3 Å². The summed E-state index contributed by atoms with van der Waals surface area (Å²) in [6, 6.07) is 5.26. The molecule has 3 aliphatic carbocycles. The fourth-order valence-corrected chi connectivity index (χ4v) is 9.94. The molecule has 3 aromatic rings. The molecule has 1 saturated heterocycles. The van der Waals surface area contributed by atoms with Crippen LogP contribution in [0.5, 0.6) is 5.88 Å². The zero-order chi connectivity index (χ0) is 38.2. The number of fused-ring (bicyclic) bond motifs is 3. The van der Waals surface area contributed by atoms with E-state index >= 15 is 0 Å². The van der Waals surface area contributed by atoms with Gasteiger partial charge in [-0.25, -0.2) is 23.2 Å². The van der Waals surface area contributed by atoms with E-state index in [0.29, 0.717) is 49.0 Å². The first-order chi connectivity index (χ1) is 26.6. The zero-order valence-electron chi connectivity index (χ0n) is 30.4. The minimum absolute atomic E-state index is 0.0290. The largest absolute Gasteiger partial charge is 0.471 e. The van der Waals surface area contributed by atoms with Crippen LogP contribution in [-0.2, 0) is 29.1 Å². The van der Waals surface area contributed by atoms with Crippen molar-refractivity contribution in [2.24, 2.45) is 5.92 Å². The summed E-state index contributed by atoms with van der Waals surface area (Å²) in [5, 5.41) is 6.99. The minimum atomic E-state index is -3.89. The minimum Gasteiger partial charge on any atom is -0.471 e. The Morgan fingerprint density at radius 1 is 0.982 bits per heavy atom. The van der Waals surface area contributed by atoms with Crippen LogP contribution in [0.1, 0.15) is 83.5 Å². The molecule has 5 atom stereocenters. The van der Waals surface area contributed by atoms with E-state index in [0.717, 1.165) is 43.4 Å². The molecule has 4 amide bonds. The number of hydrogen-bond acceptors (Lipinski definition) is 12. The standard InChI is InChI=1S/C38H45N7O8S2/c46-33-29-20-25(52-34-31(30-15-9-19-54-30)40-27-14-8-18-39-32(27)42-34)22-45(29)35(47)28(41-37(49)53-24-11-6-7-12-24)13-5-3-1-2-4-10-23-21-38(23,43-33)36(48)44-55(50,51)26-16-17-26/h4,8-10,14-15,18-19,23-26,28-29H,1-3,5-7,11-13,16-17,20-22H2,(H,41,49)(H,43,46)(H,44,48)/b10-4+/t23?,25-,28-,29+,38-/m1/s1. The van der Waals surface area contributed by atoms with Gasteiger partial charge in [0.25, 0.3) is 5.91 Å². The molecule has 3 N–H and O–H groups in total. The number of nitrogens with zero attached hydrogens (tertiary/aromatic N) is 4. The first-order valence-electron chi connectivity index (χ1n) is 19.3. The number of thiophene rings is 1. The van der Waals surface area contributed by atoms with Gasteiger partial charge in [-0.3, -0.25) is 19.1 Å². The lowest BCUT2D eigenvalue weighted by atomic mass is 10.0. The molecule has 0 spiro atoms. The number of ether oxygens (including phenoxy) is 2. The Bertz CT molecular complexity index is 2090. The number of alkyl carbamates (subject to hydrolysis) is 1. The number of aromatic nitrogens is 3. The van der Waals surface area contributed by atoms with Gasteiger partial charge in [0.2, 0.25) is 27.7 Å². The SMILES string of the molecule is O=C(N[C@@H]1CCCCC/C=C/C2C[C@@]2(C(=O)NS(=O)(=O)C2CC2)NC(=O)[C@@H]2C[C@@H](Oc3nc4ncccc4nc3-c3cccs3)CN2C1=O)OC1CCCC1. The number of amides is 4. The van der Waals surface area contributed by atoms with Crippen molar-refractivity contribution in [3.8, 4) is 16.5 Å². The van der Waals surface area contributed by atoms with Gasteiger partial charge in [0.1, 0.15) is 41.0 Å². The van der Waals surface area contributed by atoms with Crippen molar-refractivity contribution in [3.05, 3.63) is 48.0 Å². The van der Waals surface area contributed by atoms with E-state index in [9.17, 15) is 27.6 Å². The Morgan fingerprint density at radius 2 is 1.80 bits per heavy atom.